The van der Waals surface area contributed by atoms with Crippen LogP contribution < -0.4 is 16.0 Å². The highest BCUT2D eigenvalue weighted by Crippen LogP contribution is 2.06. The number of nitrogens with zero attached hydrogens (tertiary/aromatic N) is 2. The molecule has 1 heterocycles. The molecule has 1 rings (SSSR count). The van der Waals surface area contributed by atoms with Crippen LogP contribution in [0.1, 0.15) is 32.8 Å². The Balaban J connectivity index is 2.43. The van der Waals surface area contributed by atoms with Crippen LogP contribution in [-0.2, 0) is 11.2 Å². The van der Waals surface area contributed by atoms with Crippen LogP contribution in [0.3, 0.4) is 0 Å². The molecule has 0 saturated carbocycles. The molecule has 1 aromatic heterocycles. The molecule has 0 saturated heterocycles. The molecule has 1 unspecified atom stereocenters. The molecule has 7 nitrogen and oxygen atoms in total. The van der Waals surface area contributed by atoms with E-state index in [-0.39, 0.29) is 6.04 Å². The number of halogens is 1. The standard InChI is InChI=1S/C18H30ClN5O2/c1-5-26-18(25)24-15(10-13(2)3)12-23-17(20-4)21-9-8-14-6-7-16(19)22-11-14/h6-7,11,13,15H,5,8-10,12H2,1-4H3,(H,24,25)(H2,20,21,23). The molecule has 1 atom stereocenters. The Hall–Kier alpha value is -2.02. The Kier molecular flexibility index (Phi) is 10.5. The molecule has 0 aromatic carbocycles. The van der Waals surface area contributed by atoms with E-state index in [2.05, 4.69) is 39.8 Å². The van der Waals surface area contributed by atoms with Crippen molar-refractivity contribution in [1.29, 1.82) is 0 Å². The summed E-state index contributed by atoms with van der Waals surface area (Å²) in [6.45, 7) is 7.66. The zero-order valence-corrected chi connectivity index (χ0v) is 16.8. The van der Waals surface area contributed by atoms with Gasteiger partial charge in [-0.1, -0.05) is 31.5 Å². The highest BCUT2D eigenvalue weighted by atomic mass is 35.5. The van der Waals surface area contributed by atoms with Crippen molar-refractivity contribution in [3.05, 3.63) is 29.0 Å². The van der Waals surface area contributed by atoms with E-state index in [4.69, 9.17) is 16.3 Å². The van der Waals surface area contributed by atoms with Crippen LogP contribution in [0.5, 0.6) is 0 Å². The fraction of sp³-hybridized carbons (Fsp3) is 0.611. The first-order valence-electron chi connectivity index (χ1n) is 8.92. The largest absolute Gasteiger partial charge is 0.450 e. The molecule has 0 bridgehead atoms. The lowest BCUT2D eigenvalue weighted by Gasteiger charge is -2.22. The summed E-state index contributed by atoms with van der Waals surface area (Å²) < 4.78 is 4.97. The van der Waals surface area contributed by atoms with Crippen LogP contribution in [0.15, 0.2) is 23.3 Å². The number of carbonyl (C=O) groups excluding carboxylic acids is 1. The van der Waals surface area contributed by atoms with Gasteiger partial charge in [0.1, 0.15) is 5.15 Å². The van der Waals surface area contributed by atoms with Gasteiger partial charge in [-0.15, -0.1) is 0 Å². The second kappa shape index (κ2) is 12.4. The SMILES string of the molecule is CCOC(=O)NC(CNC(=NC)NCCc1ccc(Cl)nc1)CC(C)C. The Bertz CT molecular complexity index is 563. The van der Waals surface area contributed by atoms with E-state index in [1.165, 1.54) is 0 Å². The predicted octanol–water partition coefficient (Wildman–Crippen LogP) is 2.60. The van der Waals surface area contributed by atoms with E-state index in [9.17, 15) is 4.79 Å². The number of rotatable bonds is 9. The minimum Gasteiger partial charge on any atom is -0.450 e. The molecule has 146 valence electrons. The van der Waals surface area contributed by atoms with Crippen LogP contribution >= 0.6 is 11.6 Å². The highest BCUT2D eigenvalue weighted by Gasteiger charge is 2.15. The fourth-order valence-corrected chi connectivity index (χ4v) is 2.53. The number of aromatic nitrogens is 1. The van der Waals surface area contributed by atoms with E-state index >= 15 is 0 Å². The van der Waals surface area contributed by atoms with Crippen molar-refractivity contribution in [2.75, 3.05) is 26.7 Å². The minimum atomic E-state index is -0.391. The topological polar surface area (TPSA) is 87.6 Å². The molecule has 0 aliphatic rings. The Morgan fingerprint density at radius 2 is 2.12 bits per heavy atom. The fourth-order valence-electron chi connectivity index (χ4n) is 2.42. The molecule has 0 radical (unpaired) electrons. The van der Waals surface area contributed by atoms with Crippen molar-refractivity contribution in [2.45, 2.75) is 39.7 Å². The number of amides is 1. The van der Waals surface area contributed by atoms with Gasteiger partial charge in [-0.3, -0.25) is 4.99 Å². The van der Waals surface area contributed by atoms with Gasteiger partial charge in [-0.25, -0.2) is 9.78 Å². The maximum absolute atomic E-state index is 11.7. The van der Waals surface area contributed by atoms with Crippen LogP contribution in [0.25, 0.3) is 0 Å². The quantitative estimate of drug-likeness (QED) is 0.346. The zero-order chi connectivity index (χ0) is 19.4. The highest BCUT2D eigenvalue weighted by molar-refractivity contribution is 6.29. The van der Waals surface area contributed by atoms with Crippen molar-refractivity contribution < 1.29 is 9.53 Å². The average Bonchev–Trinajstić information content (AvgIpc) is 2.59. The lowest BCUT2D eigenvalue weighted by atomic mass is 10.0. The van der Waals surface area contributed by atoms with Gasteiger partial charge in [0.05, 0.1) is 6.61 Å². The monoisotopic (exact) mass is 383 g/mol. The Morgan fingerprint density at radius 1 is 1.35 bits per heavy atom. The molecule has 0 fully saturated rings. The van der Waals surface area contributed by atoms with Gasteiger partial charge < -0.3 is 20.7 Å². The van der Waals surface area contributed by atoms with Gasteiger partial charge in [0.25, 0.3) is 0 Å². The van der Waals surface area contributed by atoms with Crippen molar-refractivity contribution in [2.24, 2.45) is 10.9 Å². The first-order chi connectivity index (χ1) is 12.4. The van der Waals surface area contributed by atoms with Crippen molar-refractivity contribution in [3.63, 3.8) is 0 Å². The van der Waals surface area contributed by atoms with Gasteiger partial charge in [-0.05, 0) is 37.3 Å². The molecular weight excluding hydrogens is 354 g/mol. The average molecular weight is 384 g/mol. The van der Waals surface area contributed by atoms with E-state index in [0.29, 0.717) is 36.7 Å². The van der Waals surface area contributed by atoms with Gasteiger partial charge in [0.15, 0.2) is 5.96 Å². The summed E-state index contributed by atoms with van der Waals surface area (Å²) in [5.74, 6) is 1.14. The number of ether oxygens (including phenoxy) is 1. The summed E-state index contributed by atoms with van der Waals surface area (Å²) in [5.41, 5.74) is 1.10. The van der Waals surface area contributed by atoms with Crippen LogP contribution in [0, 0.1) is 5.92 Å². The van der Waals surface area contributed by atoms with Crippen LogP contribution in [0.2, 0.25) is 5.15 Å². The second-order valence-electron chi connectivity index (χ2n) is 6.31. The molecule has 26 heavy (non-hydrogen) atoms. The summed E-state index contributed by atoms with van der Waals surface area (Å²) in [4.78, 5) is 20.0. The van der Waals surface area contributed by atoms with Gasteiger partial charge in [-0.2, -0.15) is 0 Å². The van der Waals surface area contributed by atoms with Gasteiger partial charge in [0, 0.05) is 32.4 Å². The summed E-state index contributed by atoms with van der Waals surface area (Å²) in [5, 5.41) is 9.88. The Labute approximate surface area is 161 Å². The molecule has 0 spiro atoms. The second-order valence-corrected chi connectivity index (χ2v) is 6.70. The maximum Gasteiger partial charge on any atom is 0.407 e. The number of guanidine groups is 1. The van der Waals surface area contributed by atoms with Crippen molar-refractivity contribution >= 4 is 23.7 Å². The third-order valence-corrected chi connectivity index (χ3v) is 3.81. The molecule has 1 aromatic rings. The lowest BCUT2D eigenvalue weighted by molar-refractivity contribution is 0.146. The van der Waals surface area contributed by atoms with Gasteiger partial charge in [0.2, 0.25) is 0 Å². The predicted molar refractivity (Wildman–Crippen MR) is 106 cm³/mol. The molecular formula is C18H30ClN5O2. The normalized spacial score (nSPS) is 12.6. The smallest absolute Gasteiger partial charge is 0.407 e. The summed E-state index contributed by atoms with van der Waals surface area (Å²) >= 11 is 5.79. The minimum absolute atomic E-state index is 0.0342. The van der Waals surface area contributed by atoms with Crippen LogP contribution in [0.4, 0.5) is 4.79 Å². The number of carbonyl (C=O) groups is 1. The van der Waals surface area contributed by atoms with Crippen molar-refractivity contribution in [3.8, 4) is 0 Å². The van der Waals surface area contributed by atoms with E-state index < -0.39 is 6.09 Å². The summed E-state index contributed by atoms with van der Waals surface area (Å²) in [6.07, 6.45) is 3.03. The molecule has 0 aliphatic carbocycles. The zero-order valence-electron chi connectivity index (χ0n) is 16.0. The van der Waals surface area contributed by atoms with E-state index in [0.717, 1.165) is 18.4 Å². The first kappa shape index (κ1) is 22.0. The number of hydrogen-bond donors (Lipinski definition) is 3. The van der Waals surface area contributed by atoms with E-state index in [1.807, 2.05) is 6.07 Å². The van der Waals surface area contributed by atoms with Gasteiger partial charge >= 0.3 is 6.09 Å². The third-order valence-electron chi connectivity index (χ3n) is 3.59. The molecule has 3 N–H and O–H groups in total. The number of aliphatic imine (C=N–C) groups is 1. The molecule has 0 aliphatic heterocycles. The maximum atomic E-state index is 11.7. The number of nitrogens with one attached hydrogen (secondary N) is 3. The number of alkyl carbamates (subject to hydrolysis) is 1. The Morgan fingerprint density at radius 3 is 2.69 bits per heavy atom. The summed E-state index contributed by atoms with van der Waals surface area (Å²) in [6, 6.07) is 3.70. The lowest BCUT2D eigenvalue weighted by Crippen LogP contribution is -2.48. The third kappa shape index (κ3) is 9.46. The number of pyridine rings is 1. The molecule has 1 amide bonds. The van der Waals surface area contributed by atoms with Crippen molar-refractivity contribution in [1.82, 2.24) is 20.9 Å². The first-order valence-corrected chi connectivity index (χ1v) is 9.30. The van der Waals surface area contributed by atoms with E-state index in [1.54, 1.807) is 26.2 Å². The van der Waals surface area contributed by atoms with Crippen LogP contribution in [-0.4, -0.2) is 49.8 Å². The molecule has 8 heteroatoms. The summed E-state index contributed by atoms with van der Waals surface area (Å²) in [7, 11) is 1.72. The number of hydrogen-bond acceptors (Lipinski definition) is 4.